The quantitative estimate of drug-likeness (QED) is 0.00555. The molecule has 0 spiro atoms. The number of pyridine rings is 1. The molecule has 0 bridgehead atoms. The van der Waals surface area contributed by atoms with Crippen LogP contribution in [0.4, 0.5) is 4.39 Å². The minimum absolute atomic E-state index is 0.0155. The lowest BCUT2D eigenvalue weighted by Gasteiger charge is -2.17. The molecular formula is C106H114BrFN20O19. The topological polar surface area (TPSA) is 609 Å². The zero-order valence-corrected chi connectivity index (χ0v) is 82.7. The maximum Gasteiger partial charge on any atom is 0.328 e. The SMILES string of the molecule is C=C(NC(CCNC(=O)CCCCc1ccc2c(n1)CCNC2)C(=O)O)c1nc2ccccc2o1.CCc1c(C(=O)NC(CCC(=O)CC2CC(c3ccc(C(=N)N)cc3)=NO2)C(=O)OC)[nH]c2ccccc12.COC(=O)C(CCC(=O)CC1CC(c2ccc(C(=N)N)cc2)=NO1)NC(=O)c1[nH]c2ccccc2c1Br.COC(=O)C(CCC(=O)CC1CC(c2ccc(C(=N)N)cc2)=NO1)NC(=O)c1[nH]c2ccccc2c1F. The number of nitrogens with one attached hydrogen (secondary N) is 12. The van der Waals surface area contributed by atoms with Gasteiger partial charge in [-0.15, -0.1) is 0 Å². The number of esters is 3. The number of aryl methyl sites for hydroxylation is 2. The van der Waals surface area contributed by atoms with Crippen LogP contribution < -0.4 is 49.1 Å². The van der Waals surface area contributed by atoms with E-state index in [0.29, 0.717) is 92.7 Å². The van der Waals surface area contributed by atoms with E-state index < -0.39 is 89.9 Å². The summed E-state index contributed by atoms with van der Waals surface area (Å²) < 4.78 is 35.3. The fraction of sp³-hybridized carbons (Fsp3) is 0.311. The largest absolute Gasteiger partial charge is 0.480 e. The summed E-state index contributed by atoms with van der Waals surface area (Å²) in [6.45, 7) is 7.91. The van der Waals surface area contributed by atoms with Gasteiger partial charge in [-0.1, -0.05) is 168 Å². The van der Waals surface area contributed by atoms with Gasteiger partial charge in [-0.25, -0.2) is 28.6 Å². The number of amides is 4. The van der Waals surface area contributed by atoms with Crippen LogP contribution in [0.3, 0.4) is 0 Å². The lowest BCUT2D eigenvalue weighted by molar-refractivity contribution is -0.144. The Morgan fingerprint density at radius 1 is 0.510 bits per heavy atom. The van der Waals surface area contributed by atoms with Crippen LogP contribution in [0.15, 0.2) is 213 Å². The van der Waals surface area contributed by atoms with Gasteiger partial charge in [0.1, 0.15) is 99.9 Å². The van der Waals surface area contributed by atoms with Crippen LogP contribution in [0.1, 0.15) is 203 Å². The van der Waals surface area contributed by atoms with E-state index in [4.69, 9.17) is 71.6 Å². The highest BCUT2D eigenvalue weighted by atomic mass is 79.9. The van der Waals surface area contributed by atoms with Crippen molar-refractivity contribution < 1.29 is 95.4 Å². The van der Waals surface area contributed by atoms with Crippen LogP contribution in [0.2, 0.25) is 0 Å². The molecule has 16 rings (SSSR count). The van der Waals surface area contributed by atoms with E-state index in [9.17, 15) is 62.2 Å². The number of oxazole rings is 1. The molecule has 5 aromatic heterocycles. The molecule has 7 aromatic carbocycles. The van der Waals surface area contributed by atoms with E-state index >= 15 is 0 Å². The van der Waals surface area contributed by atoms with E-state index in [1.54, 1.807) is 91.0 Å². The van der Waals surface area contributed by atoms with Crippen LogP contribution in [0.25, 0.3) is 49.5 Å². The highest BCUT2D eigenvalue weighted by Crippen LogP contribution is 2.32. The van der Waals surface area contributed by atoms with Gasteiger partial charge in [0.15, 0.2) is 11.4 Å². The number of methoxy groups -OCH3 is 3. The Morgan fingerprint density at radius 3 is 1.39 bits per heavy atom. The number of benzene rings is 7. The van der Waals surface area contributed by atoms with Gasteiger partial charge in [0.25, 0.3) is 17.7 Å². The molecule has 41 heteroatoms. The Kier molecular flexibility index (Phi) is 37.7. The lowest BCUT2D eigenvalue weighted by atomic mass is 9.99. The number of aliphatic carboxylic acids is 1. The van der Waals surface area contributed by atoms with Gasteiger partial charge < -0.3 is 102 Å². The third-order valence-electron chi connectivity index (χ3n) is 24.8. The number of nitrogens with zero attached hydrogens (tertiary/aromatic N) is 5. The van der Waals surface area contributed by atoms with Gasteiger partial charge in [0.2, 0.25) is 11.8 Å². The van der Waals surface area contributed by atoms with Crippen LogP contribution in [-0.2, 0) is 92.9 Å². The van der Waals surface area contributed by atoms with E-state index in [0.717, 1.165) is 88.5 Å². The maximum atomic E-state index is 14.7. The fourth-order valence-corrected chi connectivity index (χ4v) is 17.5. The Balaban J connectivity index is 0.000000164. The molecular weight excluding hydrogens is 1960 g/mol. The number of para-hydroxylation sites is 5. The van der Waals surface area contributed by atoms with Crippen molar-refractivity contribution in [2.24, 2.45) is 32.7 Å². The second-order valence-corrected chi connectivity index (χ2v) is 35.9. The molecule has 0 saturated carbocycles. The van der Waals surface area contributed by atoms with E-state index in [-0.39, 0.29) is 140 Å². The molecule has 0 saturated heterocycles. The lowest BCUT2D eigenvalue weighted by Crippen LogP contribution is -2.42. The van der Waals surface area contributed by atoms with Gasteiger partial charge in [0, 0.05) is 151 Å². The normalized spacial score (nSPS) is 15.1. The molecule has 0 radical (unpaired) electrons. The van der Waals surface area contributed by atoms with Crippen LogP contribution in [0, 0.1) is 22.0 Å². The third kappa shape index (κ3) is 29.1. The first kappa shape index (κ1) is 108. The Hall–Kier alpha value is -16.7. The van der Waals surface area contributed by atoms with Crippen molar-refractivity contribution in [2.45, 2.75) is 178 Å². The van der Waals surface area contributed by atoms with Gasteiger partial charge in [-0.05, 0) is 138 Å². The Labute approximate surface area is 851 Å². The second kappa shape index (κ2) is 51.5. The van der Waals surface area contributed by atoms with Gasteiger partial charge >= 0.3 is 23.9 Å². The summed E-state index contributed by atoms with van der Waals surface area (Å²) in [5, 5.41) is 63.1. The summed E-state index contributed by atoms with van der Waals surface area (Å²) in [7, 11) is 3.65. The number of rotatable bonds is 43. The van der Waals surface area contributed by atoms with Crippen LogP contribution in [-0.4, -0.2) is 206 Å². The molecule has 0 aliphatic carbocycles. The minimum Gasteiger partial charge on any atom is -0.480 e. The first-order valence-corrected chi connectivity index (χ1v) is 48.5. The standard InChI is InChI=1S/C28H31N5O5.C26H26BrN5O5.C26H26FN5O5.C26H31N5O4/c1-3-20-21-6-4-5-7-22(21)31-25(20)27(35)32-23(28(36)37-2)13-12-18(34)14-19-15-24(33-38-19)16-8-10-17(11-9-16)26(29)30;2*1-36-26(35)20(31-25(34)23-22(27)18-4-2-3-5-19(18)30-23)11-10-16(33)12-17-13-21(32-37-17)14-6-8-15(9-7-14)24(28)29;1-17(25-31-21-7-3-4-8-23(21)35-25)29-22(26(33)34)13-15-28-24(32)9-5-2-6-19-11-10-18-16-27-14-12-20(18)30-19/h4-11,19,23,31H,3,12-15H2,1-2H3,(H3,29,30)(H,32,35);2*2-9,17,20,30H,10-13H2,1H3,(H3,28,29)(H,31,34);3-4,7-8,10-11,22,27,29H,1-2,5-6,9,12-16H2,(H,28,32)(H,33,34). The number of aromatic nitrogens is 5. The van der Waals surface area contributed by atoms with Gasteiger partial charge in [0.05, 0.1) is 48.6 Å². The summed E-state index contributed by atoms with van der Waals surface area (Å²) in [5.74, 6) is -5.81. The molecule has 39 nitrogen and oxygen atoms in total. The number of carboxylic acid groups (broad SMARTS) is 1. The van der Waals surface area contributed by atoms with Gasteiger partial charge in [-0.3, -0.25) is 54.8 Å². The molecule has 4 aliphatic heterocycles. The molecule has 12 aromatic rings. The van der Waals surface area contributed by atoms with Crippen LogP contribution in [0.5, 0.6) is 0 Å². The fourth-order valence-electron chi connectivity index (χ4n) is 16.9. The molecule has 7 atom stereocenters. The van der Waals surface area contributed by atoms with Crippen molar-refractivity contribution >= 4 is 165 Å². The molecule has 9 heterocycles. The monoisotopic (exact) mass is 2070 g/mol. The maximum absolute atomic E-state index is 14.7. The summed E-state index contributed by atoms with van der Waals surface area (Å²) in [4.78, 5) is 172. The number of oxime groups is 3. The van der Waals surface area contributed by atoms with Crippen molar-refractivity contribution in [3.8, 4) is 0 Å². The van der Waals surface area contributed by atoms with Crippen molar-refractivity contribution in [3.05, 3.63) is 278 Å². The van der Waals surface area contributed by atoms with Crippen LogP contribution >= 0.6 is 15.9 Å². The summed E-state index contributed by atoms with van der Waals surface area (Å²) >= 11 is 3.44. The number of fused-ring (bicyclic) bond motifs is 5. The Morgan fingerprint density at radius 2 is 0.939 bits per heavy atom. The number of carbonyl (C=O) groups is 11. The number of amidine groups is 3. The number of nitrogen functional groups attached to an aromatic ring is 3. The zero-order chi connectivity index (χ0) is 105. The number of ether oxygens (including phenoxy) is 3. The molecule has 19 N–H and O–H groups in total. The molecule has 4 amide bonds. The van der Waals surface area contributed by atoms with Crippen molar-refractivity contribution in [2.75, 3.05) is 34.4 Å². The summed E-state index contributed by atoms with van der Waals surface area (Å²) in [6.07, 6.45) is 5.29. The van der Waals surface area contributed by atoms with Crippen molar-refractivity contribution in [1.82, 2.24) is 56.8 Å². The molecule has 147 heavy (non-hydrogen) atoms. The Bertz CT molecular complexity index is 6770. The van der Waals surface area contributed by atoms with Gasteiger partial charge in [-0.2, -0.15) is 0 Å². The smallest absolute Gasteiger partial charge is 0.328 e. The molecule has 4 aliphatic rings. The number of unbranched alkanes of at least 4 members (excludes halogenated alkanes) is 1. The second-order valence-electron chi connectivity index (χ2n) is 35.2. The molecule has 766 valence electrons. The number of nitrogens with two attached hydrogens (primary N) is 3. The number of halogens is 2. The average Bonchev–Trinajstić information content (AvgIpc) is 1.64. The average molecular weight is 2070 g/mol. The van der Waals surface area contributed by atoms with E-state index in [1.165, 1.54) is 38.7 Å². The first-order chi connectivity index (χ1) is 70.8. The van der Waals surface area contributed by atoms with Crippen molar-refractivity contribution in [3.63, 3.8) is 0 Å². The van der Waals surface area contributed by atoms with E-state index in [2.05, 4.69) is 102 Å². The minimum atomic E-state index is -1.14. The number of Topliss-reactive ketones (excluding diaryl/α,β-unsaturated/α-hetero) is 3. The molecule has 0 fully saturated rings. The number of carboxylic acids is 1. The highest BCUT2D eigenvalue weighted by molar-refractivity contribution is 9.10. The number of hydrogen-bond donors (Lipinski definition) is 16. The first-order valence-electron chi connectivity index (χ1n) is 47.7. The number of H-pyrrole nitrogens is 3. The predicted molar refractivity (Wildman–Crippen MR) is 551 cm³/mol. The predicted octanol–water partition coefficient (Wildman–Crippen LogP) is 12.2. The zero-order valence-electron chi connectivity index (χ0n) is 81.1. The summed E-state index contributed by atoms with van der Waals surface area (Å²) in [6, 6.07) is 50.2. The number of carbonyl (C=O) groups excluding carboxylic acids is 10. The highest BCUT2D eigenvalue weighted by Gasteiger charge is 2.35. The summed E-state index contributed by atoms with van der Waals surface area (Å²) in [5.41, 5.74) is 31.2. The number of aromatic amines is 3. The molecule has 7 unspecified atom stereocenters. The van der Waals surface area contributed by atoms with E-state index in [1.807, 2.05) is 79.7 Å². The third-order valence-corrected chi connectivity index (χ3v) is 25.6. The number of hydrogen-bond acceptors (Lipinski definition) is 28. The van der Waals surface area contributed by atoms with Crippen molar-refractivity contribution in [1.29, 1.82) is 16.2 Å². The number of ketones is 3.